The number of benzene rings is 1. The molecular weight excluding hydrogens is 589 g/mol. The Kier molecular flexibility index (Phi) is 7.06. The molecule has 12 heteroatoms. The average Bonchev–Trinajstić information content (AvgIpc) is 3.67. The molecule has 0 bridgehead atoms. The number of anilines is 3. The number of nitriles is 1. The van der Waals surface area contributed by atoms with Gasteiger partial charge < -0.3 is 10.6 Å². The number of nitrogens with one attached hydrogen (secondary N) is 3. The summed E-state index contributed by atoms with van der Waals surface area (Å²) in [5.74, 6) is 0. The first kappa shape index (κ1) is 29.8. The first-order valence-electron chi connectivity index (χ1n) is 14.3. The Balaban J connectivity index is 1.47. The van der Waals surface area contributed by atoms with Gasteiger partial charge >= 0.3 is 6.18 Å². The van der Waals surface area contributed by atoms with Crippen LogP contribution in [0.1, 0.15) is 57.4 Å². The Hall–Kier alpha value is -4.27. The highest BCUT2D eigenvalue weighted by atomic mass is 35.5. The minimum Gasteiger partial charge on any atom is -0.383 e. The van der Waals surface area contributed by atoms with Gasteiger partial charge in [-0.05, 0) is 55.0 Å². The van der Waals surface area contributed by atoms with Crippen LogP contribution >= 0.6 is 11.6 Å². The van der Waals surface area contributed by atoms with Gasteiger partial charge in [-0.1, -0.05) is 45.0 Å². The van der Waals surface area contributed by atoms with Gasteiger partial charge in [0.25, 0.3) is 0 Å². The van der Waals surface area contributed by atoms with Crippen LogP contribution in [0.2, 0.25) is 5.02 Å². The highest BCUT2D eigenvalue weighted by Crippen LogP contribution is 2.55. The van der Waals surface area contributed by atoms with Crippen molar-refractivity contribution in [3.8, 4) is 6.07 Å². The van der Waals surface area contributed by atoms with Gasteiger partial charge in [0.05, 0.1) is 44.9 Å². The Morgan fingerprint density at radius 2 is 2.00 bits per heavy atom. The molecule has 0 radical (unpaired) electrons. The number of nitrogens with zero attached hydrogens (tertiary/aromatic N) is 5. The second kappa shape index (κ2) is 10.4. The van der Waals surface area contributed by atoms with Crippen molar-refractivity contribution in [2.45, 2.75) is 58.3 Å². The number of alkyl halides is 3. The van der Waals surface area contributed by atoms with Crippen LogP contribution in [0.5, 0.6) is 0 Å². The van der Waals surface area contributed by atoms with Crippen LogP contribution in [0.15, 0.2) is 55.1 Å². The zero-order valence-corrected chi connectivity index (χ0v) is 25.5. The summed E-state index contributed by atoms with van der Waals surface area (Å²) in [6, 6.07) is 6.89. The molecule has 228 valence electrons. The maximum absolute atomic E-state index is 14.2. The molecule has 3 N–H and O–H groups in total. The Bertz CT molecular complexity index is 1780. The Labute approximate surface area is 258 Å². The van der Waals surface area contributed by atoms with Gasteiger partial charge in [-0.15, -0.1) is 5.53 Å². The van der Waals surface area contributed by atoms with Gasteiger partial charge in [0.15, 0.2) is 5.54 Å². The zero-order chi connectivity index (χ0) is 31.6. The quantitative estimate of drug-likeness (QED) is 0.259. The van der Waals surface area contributed by atoms with Gasteiger partial charge in [0.2, 0.25) is 0 Å². The van der Waals surface area contributed by atoms with Gasteiger partial charge in [0.1, 0.15) is 6.07 Å². The normalized spacial score (nSPS) is 19.1. The van der Waals surface area contributed by atoms with Crippen LogP contribution < -0.4 is 21.2 Å². The van der Waals surface area contributed by atoms with Crippen LogP contribution in [0.4, 0.5) is 30.2 Å². The first-order valence-corrected chi connectivity index (χ1v) is 14.6. The molecule has 8 nitrogen and oxygen atoms in total. The molecule has 1 atom stereocenters. The molecule has 3 aromatic rings. The minimum absolute atomic E-state index is 0.00790. The Morgan fingerprint density at radius 1 is 1.25 bits per heavy atom. The van der Waals surface area contributed by atoms with Crippen molar-refractivity contribution >= 4 is 51.2 Å². The van der Waals surface area contributed by atoms with E-state index in [9.17, 15) is 18.4 Å². The van der Waals surface area contributed by atoms with E-state index in [-0.39, 0.29) is 18.3 Å². The molecule has 4 heterocycles. The van der Waals surface area contributed by atoms with Crippen molar-refractivity contribution in [2.75, 3.05) is 22.2 Å². The van der Waals surface area contributed by atoms with Crippen LogP contribution in [-0.4, -0.2) is 39.3 Å². The fraction of sp³-hybridized carbons (Fsp3) is 0.344. The second-order valence-corrected chi connectivity index (χ2v) is 12.9. The van der Waals surface area contributed by atoms with E-state index in [1.807, 2.05) is 25.1 Å². The average molecular weight is 621 g/mol. The number of fused-ring (bicyclic) bond motifs is 4. The predicted molar refractivity (Wildman–Crippen MR) is 168 cm³/mol. The lowest BCUT2D eigenvalue weighted by molar-refractivity contribution is -0.194. The van der Waals surface area contributed by atoms with Crippen molar-refractivity contribution in [1.29, 1.82) is 5.26 Å². The summed E-state index contributed by atoms with van der Waals surface area (Å²) in [6.45, 7) is 13.1. The van der Waals surface area contributed by atoms with Crippen molar-refractivity contribution < 1.29 is 13.2 Å². The van der Waals surface area contributed by atoms with E-state index in [4.69, 9.17) is 11.6 Å². The van der Waals surface area contributed by atoms with Gasteiger partial charge in [-0.2, -0.15) is 18.4 Å². The number of aromatic nitrogens is 2. The fourth-order valence-electron chi connectivity index (χ4n) is 5.67. The molecule has 1 saturated carbocycles. The summed E-state index contributed by atoms with van der Waals surface area (Å²) in [4.78, 5) is 8.96. The van der Waals surface area contributed by atoms with Crippen molar-refractivity contribution in [2.24, 2.45) is 5.41 Å². The van der Waals surface area contributed by atoms with Gasteiger partial charge in [-0.3, -0.25) is 20.0 Å². The predicted octanol–water partition coefficient (Wildman–Crippen LogP) is 7.63. The van der Waals surface area contributed by atoms with Crippen LogP contribution in [0.3, 0.4) is 0 Å². The van der Waals surface area contributed by atoms with E-state index in [2.05, 4.69) is 59.6 Å². The summed E-state index contributed by atoms with van der Waals surface area (Å²) < 4.78 is 42.6. The van der Waals surface area contributed by atoms with Crippen molar-refractivity contribution in [1.82, 2.24) is 20.5 Å². The lowest BCUT2D eigenvalue weighted by atomic mass is 9.90. The number of hydrazine groups is 2. The number of rotatable bonds is 6. The van der Waals surface area contributed by atoms with E-state index in [1.165, 1.54) is 17.4 Å². The molecule has 0 amide bonds. The SMILES string of the molecule is C=C1c2c(ccnc2/C=C\C)N2NN(C3(C(F)(F)F)CC3)C=C2[C@H]1Nc1cc(Cl)c2ncc(C#N)c(NCC(C)(C)C)c2c1. The van der Waals surface area contributed by atoms with Crippen molar-refractivity contribution in [3.63, 3.8) is 0 Å². The van der Waals surface area contributed by atoms with Gasteiger partial charge in [0, 0.05) is 41.8 Å². The molecule has 44 heavy (non-hydrogen) atoms. The maximum atomic E-state index is 14.2. The number of halogens is 4. The summed E-state index contributed by atoms with van der Waals surface area (Å²) in [5, 5.41) is 20.6. The molecular formula is C32H32ClF3N8. The fourth-order valence-corrected chi connectivity index (χ4v) is 5.94. The molecule has 0 saturated heterocycles. The van der Waals surface area contributed by atoms with Crippen LogP contribution in [0, 0.1) is 16.7 Å². The highest BCUT2D eigenvalue weighted by Gasteiger charge is 2.68. The summed E-state index contributed by atoms with van der Waals surface area (Å²) in [7, 11) is 0. The van der Waals surface area contributed by atoms with E-state index in [1.54, 1.807) is 23.3 Å². The molecule has 3 aliphatic rings. The van der Waals surface area contributed by atoms with E-state index >= 15 is 0 Å². The lowest BCUT2D eigenvalue weighted by Crippen LogP contribution is -2.54. The molecule has 1 aromatic carbocycles. The topological polar surface area (TPSA) is 92.1 Å². The van der Waals surface area contributed by atoms with Gasteiger partial charge in [-0.25, -0.2) is 0 Å². The summed E-state index contributed by atoms with van der Waals surface area (Å²) in [6.07, 6.45) is 3.90. The standard InChI is InChI=1S/C32H32ClF3N8/c1-6-7-23-26-18(2)27(25-16-43(31(9-10-31)32(34,35)36)42-44(25)24(26)8-11-38-23)41-20-12-21-28(40-17-30(3,4)5)19(14-37)15-39-29(21)22(33)13-20/h6-8,11-13,15-16,27,41-42H,2,9-10,17H2,1,3-5H3,(H,39,40)/b7-6-/t27-/m0/s1. The second-order valence-electron chi connectivity index (χ2n) is 12.5. The number of hydrogen-bond donors (Lipinski definition) is 3. The Morgan fingerprint density at radius 3 is 2.64 bits per heavy atom. The molecule has 1 aliphatic carbocycles. The molecule has 0 spiro atoms. The van der Waals surface area contributed by atoms with Crippen molar-refractivity contribution in [3.05, 3.63) is 77.0 Å². The summed E-state index contributed by atoms with van der Waals surface area (Å²) >= 11 is 6.75. The van der Waals surface area contributed by atoms with E-state index < -0.39 is 17.8 Å². The largest absolute Gasteiger partial charge is 0.413 e. The third kappa shape index (κ3) is 4.92. The smallest absolute Gasteiger partial charge is 0.383 e. The van der Waals surface area contributed by atoms with Crippen LogP contribution in [-0.2, 0) is 0 Å². The maximum Gasteiger partial charge on any atom is 0.413 e. The zero-order valence-electron chi connectivity index (χ0n) is 24.8. The molecule has 1 fully saturated rings. The lowest BCUT2D eigenvalue weighted by Gasteiger charge is -2.38. The molecule has 2 aliphatic heterocycles. The number of hydrogen-bond acceptors (Lipinski definition) is 8. The third-order valence-electron chi connectivity index (χ3n) is 8.08. The molecule has 6 rings (SSSR count). The molecule has 0 unspecified atom stereocenters. The minimum atomic E-state index is -4.42. The molecule has 2 aromatic heterocycles. The monoisotopic (exact) mass is 620 g/mol. The third-order valence-corrected chi connectivity index (χ3v) is 8.37. The number of pyridine rings is 2. The van der Waals surface area contributed by atoms with E-state index in [0.717, 1.165) is 0 Å². The summed E-state index contributed by atoms with van der Waals surface area (Å²) in [5.41, 5.74) is 6.22. The number of allylic oxidation sites excluding steroid dienone is 1. The van der Waals surface area contributed by atoms with E-state index in [0.29, 0.717) is 67.6 Å². The first-order chi connectivity index (χ1) is 20.8. The highest BCUT2D eigenvalue weighted by molar-refractivity contribution is 6.35. The van der Waals surface area contributed by atoms with Crippen LogP contribution in [0.25, 0.3) is 22.6 Å².